The molecule has 0 radical (unpaired) electrons. The molecule has 33 heavy (non-hydrogen) atoms. The molecule has 0 saturated carbocycles. The SMILES string of the molecule is CC(C)(C)OC(=O)N1CCC(C(=O)Nc2cccc(NS(=O)(=O)c3ccccc3Cl)c2)CC1. The lowest BCUT2D eigenvalue weighted by atomic mass is 9.96. The van der Waals surface area contributed by atoms with Crippen molar-refractivity contribution < 1.29 is 22.7 Å². The molecule has 10 heteroatoms. The zero-order chi connectivity index (χ0) is 24.2. The summed E-state index contributed by atoms with van der Waals surface area (Å²) in [5.74, 6) is -0.433. The molecule has 1 saturated heterocycles. The van der Waals surface area contributed by atoms with Gasteiger partial charge in [0.1, 0.15) is 10.5 Å². The van der Waals surface area contributed by atoms with Gasteiger partial charge in [0, 0.05) is 24.7 Å². The van der Waals surface area contributed by atoms with Crippen LogP contribution in [0.25, 0.3) is 0 Å². The van der Waals surface area contributed by atoms with Crippen LogP contribution in [0.15, 0.2) is 53.4 Å². The Morgan fingerprint density at radius 2 is 1.67 bits per heavy atom. The number of nitrogens with zero attached hydrogens (tertiary/aromatic N) is 1. The number of carbonyl (C=O) groups is 2. The van der Waals surface area contributed by atoms with Crippen LogP contribution in [0, 0.1) is 5.92 Å². The molecule has 3 rings (SSSR count). The van der Waals surface area contributed by atoms with Crippen LogP contribution in [0.1, 0.15) is 33.6 Å². The molecule has 0 spiro atoms. The summed E-state index contributed by atoms with van der Waals surface area (Å²) in [6.45, 7) is 6.31. The Morgan fingerprint density at radius 3 is 2.30 bits per heavy atom. The Morgan fingerprint density at radius 1 is 1.03 bits per heavy atom. The summed E-state index contributed by atoms with van der Waals surface area (Å²) in [5.41, 5.74) is 0.199. The average Bonchev–Trinajstić information content (AvgIpc) is 2.72. The normalized spacial score (nSPS) is 15.1. The molecule has 8 nitrogen and oxygen atoms in total. The van der Waals surface area contributed by atoms with Gasteiger partial charge in [-0.1, -0.05) is 29.8 Å². The molecule has 1 fully saturated rings. The first-order valence-corrected chi connectivity index (χ1v) is 12.5. The van der Waals surface area contributed by atoms with Crippen molar-refractivity contribution in [2.24, 2.45) is 5.92 Å². The van der Waals surface area contributed by atoms with Gasteiger partial charge in [-0.3, -0.25) is 9.52 Å². The smallest absolute Gasteiger partial charge is 0.410 e. The highest BCUT2D eigenvalue weighted by molar-refractivity contribution is 7.92. The van der Waals surface area contributed by atoms with E-state index in [0.717, 1.165) is 0 Å². The van der Waals surface area contributed by atoms with Gasteiger partial charge in [0.2, 0.25) is 5.91 Å². The first kappa shape index (κ1) is 24.9. The molecular formula is C23H28ClN3O5S. The Balaban J connectivity index is 1.59. The quantitative estimate of drug-likeness (QED) is 0.626. The molecule has 1 heterocycles. The maximum Gasteiger partial charge on any atom is 0.410 e. The standard InChI is InChI=1S/C23H28ClN3O5S/c1-23(2,3)32-22(29)27-13-11-16(12-14-27)21(28)25-17-7-6-8-18(15-17)26-33(30,31)20-10-5-4-9-19(20)24/h4-10,15-16,26H,11-14H2,1-3H3,(H,25,28). The molecule has 1 aliphatic rings. The van der Waals surface area contributed by atoms with E-state index in [4.69, 9.17) is 16.3 Å². The number of ether oxygens (including phenoxy) is 1. The van der Waals surface area contributed by atoms with Crippen LogP contribution in [0.4, 0.5) is 16.2 Å². The molecule has 0 aromatic heterocycles. The molecule has 1 aliphatic heterocycles. The highest BCUT2D eigenvalue weighted by Crippen LogP contribution is 2.26. The van der Waals surface area contributed by atoms with E-state index < -0.39 is 15.6 Å². The van der Waals surface area contributed by atoms with E-state index in [-0.39, 0.29) is 27.8 Å². The van der Waals surface area contributed by atoms with E-state index in [1.165, 1.54) is 12.1 Å². The highest BCUT2D eigenvalue weighted by atomic mass is 35.5. The number of sulfonamides is 1. The number of amides is 2. The van der Waals surface area contributed by atoms with Crippen LogP contribution in [0.3, 0.4) is 0 Å². The van der Waals surface area contributed by atoms with Gasteiger partial charge in [-0.15, -0.1) is 0 Å². The number of benzene rings is 2. The second kappa shape index (κ2) is 10.0. The Labute approximate surface area is 199 Å². The zero-order valence-electron chi connectivity index (χ0n) is 18.8. The predicted octanol–water partition coefficient (Wildman–Crippen LogP) is 4.73. The minimum Gasteiger partial charge on any atom is -0.444 e. The summed E-state index contributed by atoms with van der Waals surface area (Å²) < 4.78 is 33.2. The van der Waals surface area contributed by atoms with Gasteiger partial charge in [0.25, 0.3) is 10.0 Å². The molecule has 2 aromatic rings. The van der Waals surface area contributed by atoms with Crippen molar-refractivity contribution in [2.45, 2.75) is 44.1 Å². The molecule has 0 atom stereocenters. The lowest BCUT2D eigenvalue weighted by Gasteiger charge is -2.32. The maximum atomic E-state index is 12.7. The average molecular weight is 494 g/mol. The second-order valence-corrected chi connectivity index (χ2v) is 10.9. The van der Waals surface area contributed by atoms with E-state index >= 15 is 0 Å². The molecule has 0 aliphatic carbocycles. The topological polar surface area (TPSA) is 105 Å². The van der Waals surface area contributed by atoms with E-state index in [0.29, 0.717) is 37.3 Å². The minimum absolute atomic E-state index is 0.0298. The Bertz CT molecular complexity index is 1120. The fraction of sp³-hybridized carbons (Fsp3) is 0.391. The van der Waals surface area contributed by atoms with Gasteiger partial charge in [-0.2, -0.15) is 0 Å². The Kier molecular flexibility index (Phi) is 7.54. The largest absolute Gasteiger partial charge is 0.444 e. The summed E-state index contributed by atoms with van der Waals surface area (Å²) >= 11 is 6.01. The van der Waals surface area contributed by atoms with Crippen molar-refractivity contribution in [1.29, 1.82) is 0 Å². The third-order valence-electron chi connectivity index (χ3n) is 5.03. The number of carbonyl (C=O) groups excluding carboxylic acids is 2. The fourth-order valence-electron chi connectivity index (χ4n) is 3.43. The van der Waals surface area contributed by atoms with Crippen LogP contribution < -0.4 is 10.0 Å². The molecule has 0 unspecified atom stereocenters. The first-order valence-electron chi connectivity index (χ1n) is 10.6. The molecule has 2 aromatic carbocycles. The van der Waals surface area contributed by atoms with Gasteiger partial charge in [0.05, 0.1) is 10.7 Å². The summed E-state index contributed by atoms with van der Waals surface area (Å²) in [7, 11) is -3.88. The van der Waals surface area contributed by atoms with Crippen molar-refractivity contribution in [3.05, 3.63) is 53.6 Å². The molecular weight excluding hydrogens is 466 g/mol. The summed E-state index contributed by atoms with van der Waals surface area (Å²) in [4.78, 5) is 26.5. The first-order chi connectivity index (χ1) is 15.4. The number of nitrogens with one attached hydrogen (secondary N) is 2. The van der Waals surface area contributed by atoms with Gasteiger partial charge in [0.15, 0.2) is 0 Å². The van der Waals surface area contributed by atoms with Crippen molar-refractivity contribution in [3.63, 3.8) is 0 Å². The number of halogens is 1. The highest BCUT2D eigenvalue weighted by Gasteiger charge is 2.30. The number of likely N-dealkylation sites (tertiary alicyclic amines) is 1. The van der Waals surface area contributed by atoms with Crippen LogP contribution >= 0.6 is 11.6 Å². The van der Waals surface area contributed by atoms with Crippen LogP contribution in [0.5, 0.6) is 0 Å². The molecule has 2 amide bonds. The summed E-state index contributed by atoms with van der Waals surface area (Å²) in [5, 5.41) is 2.95. The molecule has 2 N–H and O–H groups in total. The summed E-state index contributed by atoms with van der Waals surface area (Å²) in [6, 6.07) is 12.6. The van der Waals surface area contributed by atoms with Crippen molar-refractivity contribution in [1.82, 2.24) is 4.90 Å². The van der Waals surface area contributed by atoms with Crippen molar-refractivity contribution in [3.8, 4) is 0 Å². The van der Waals surface area contributed by atoms with Crippen LogP contribution in [0.2, 0.25) is 5.02 Å². The minimum atomic E-state index is -3.88. The fourth-order valence-corrected chi connectivity index (χ4v) is 5.00. The number of piperidine rings is 1. The number of hydrogen-bond acceptors (Lipinski definition) is 5. The predicted molar refractivity (Wildman–Crippen MR) is 128 cm³/mol. The van der Waals surface area contributed by atoms with Gasteiger partial charge in [-0.05, 0) is 63.9 Å². The third kappa shape index (κ3) is 6.85. The maximum absolute atomic E-state index is 12.7. The third-order valence-corrected chi connectivity index (χ3v) is 6.91. The monoisotopic (exact) mass is 493 g/mol. The van der Waals surface area contributed by atoms with Gasteiger partial charge >= 0.3 is 6.09 Å². The Hall–Kier alpha value is -2.78. The van der Waals surface area contributed by atoms with Gasteiger partial charge in [-0.25, -0.2) is 13.2 Å². The summed E-state index contributed by atoms with van der Waals surface area (Å²) in [6.07, 6.45) is 0.660. The second-order valence-electron chi connectivity index (χ2n) is 8.85. The molecule has 178 valence electrons. The van der Waals surface area contributed by atoms with E-state index in [1.807, 2.05) is 20.8 Å². The van der Waals surface area contributed by atoms with Crippen LogP contribution in [-0.2, 0) is 19.6 Å². The van der Waals surface area contributed by atoms with Crippen molar-refractivity contribution in [2.75, 3.05) is 23.1 Å². The van der Waals surface area contributed by atoms with Gasteiger partial charge < -0.3 is 15.0 Å². The number of anilines is 2. The van der Waals surface area contributed by atoms with E-state index in [9.17, 15) is 18.0 Å². The molecule has 0 bridgehead atoms. The lowest BCUT2D eigenvalue weighted by molar-refractivity contribution is -0.121. The van der Waals surface area contributed by atoms with E-state index in [1.54, 1.807) is 41.3 Å². The van der Waals surface area contributed by atoms with E-state index in [2.05, 4.69) is 10.0 Å². The number of hydrogen-bond donors (Lipinski definition) is 2. The van der Waals surface area contributed by atoms with Crippen molar-refractivity contribution >= 4 is 45.0 Å². The lowest BCUT2D eigenvalue weighted by Crippen LogP contribution is -2.43. The van der Waals surface area contributed by atoms with Crippen LogP contribution in [-0.4, -0.2) is 44.0 Å². The number of rotatable bonds is 5. The zero-order valence-corrected chi connectivity index (χ0v) is 20.4.